The number of nitrogens with zero attached hydrogens (tertiary/aromatic N) is 4. The van der Waals surface area contributed by atoms with E-state index < -0.39 is 41.2 Å². The number of oxime groups is 1. The van der Waals surface area contributed by atoms with Crippen LogP contribution in [-0.2, 0) is 14.3 Å². The number of phenolic OH excluding ortho intramolecular Hbond substituents is 1. The van der Waals surface area contributed by atoms with Crippen LogP contribution in [0.2, 0.25) is 0 Å². The molecule has 6 atom stereocenters. The Morgan fingerprint density at radius 1 is 1.06 bits per heavy atom. The zero-order valence-corrected chi connectivity index (χ0v) is 28.1. The van der Waals surface area contributed by atoms with Gasteiger partial charge in [0.05, 0.1) is 25.8 Å². The molecule has 48 heavy (non-hydrogen) atoms. The number of aliphatic hydroxyl groups excluding tert-OH is 2. The highest BCUT2D eigenvalue weighted by Gasteiger charge is 2.64. The number of benzene rings is 1. The molecule has 14 heteroatoms. The molecule has 1 aromatic carbocycles. The molecule has 2 aliphatic carbocycles. The maximum Gasteiger partial charge on any atom is 0.361 e. The van der Waals surface area contributed by atoms with E-state index in [0.29, 0.717) is 48.3 Å². The van der Waals surface area contributed by atoms with Crippen LogP contribution in [0.1, 0.15) is 104 Å². The van der Waals surface area contributed by atoms with Gasteiger partial charge >= 0.3 is 11.9 Å². The lowest BCUT2D eigenvalue weighted by molar-refractivity contribution is -0.225. The highest BCUT2D eigenvalue weighted by atomic mass is 16.6. The van der Waals surface area contributed by atoms with Crippen molar-refractivity contribution in [2.24, 2.45) is 22.9 Å². The van der Waals surface area contributed by atoms with Gasteiger partial charge in [0.1, 0.15) is 23.1 Å². The summed E-state index contributed by atoms with van der Waals surface area (Å²) >= 11 is 0. The van der Waals surface area contributed by atoms with Gasteiger partial charge in [-0.2, -0.15) is 0 Å². The van der Waals surface area contributed by atoms with Crippen LogP contribution >= 0.6 is 0 Å². The van der Waals surface area contributed by atoms with Crippen LogP contribution in [0.15, 0.2) is 35.0 Å². The smallest absolute Gasteiger partial charge is 0.361 e. The predicted molar refractivity (Wildman–Crippen MR) is 171 cm³/mol. The van der Waals surface area contributed by atoms with Crippen molar-refractivity contribution in [1.29, 1.82) is 0 Å². The van der Waals surface area contributed by atoms with Crippen LogP contribution in [0.3, 0.4) is 0 Å². The number of ether oxygens (including phenoxy) is 3. The van der Waals surface area contributed by atoms with Gasteiger partial charge in [0.15, 0.2) is 5.69 Å². The number of rotatable bonds is 12. The minimum absolute atomic E-state index is 0.0108. The lowest BCUT2D eigenvalue weighted by atomic mass is 9.55. The van der Waals surface area contributed by atoms with E-state index in [1.54, 1.807) is 12.1 Å². The first-order valence-corrected chi connectivity index (χ1v) is 16.4. The lowest BCUT2D eigenvalue weighted by Gasteiger charge is -2.56. The third-order valence-electron chi connectivity index (χ3n) is 9.44. The molecule has 262 valence electrons. The molecule has 0 bridgehead atoms. The maximum absolute atomic E-state index is 13.2. The topological polar surface area (TPSA) is 195 Å². The number of unbranched alkanes of at least 4 members (excludes halogenated alkanes) is 2. The number of methoxy groups -OCH3 is 2. The van der Waals surface area contributed by atoms with Crippen LogP contribution in [0.25, 0.3) is 0 Å². The summed E-state index contributed by atoms with van der Waals surface area (Å²) in [5, 5.41) is 55.7. The van der Waals surface area contributed by atoms with Gasteiger partial charge in [-0.05, 0) is 82.1 Å². The molecular formula is C34H46N4O10. The van der Waals surface area contributed by atoms with E-state index in [1.807, 2.05) is 20.8 Å². The number of hydrogen-bond donors (Lipinski definition) is 4. The van der Waals surface area contributed by atoms with E-state index >= 15 is 0 Å². The van der Waals surface area contributed by atoms with Gasteiger partial charge in [-0.15, -0.1) is 5.10 Å². The van der Waals surface area contributed by atoms with Gasteiger partial charge in [-0.25, -0.2) is 14.3 Å². The monoisotopic (exact) mass is 670 g/mol. The Morgan fingerprint density at radius 3 is 2.40 bits per heavy atom. The van der Waals surface area contributed by atoms with Crippen molar-refractivity contribution in [3.63, 3.8) is 0 Å². The Labute approximate surface area is 279 Å². The Kier molecular flexibility index (Phi) is 10.5. The number of aliphatic hydroxyl groups is 3. The lowest BCUT2D eigenvalue weighted by Crippen LogP contribution is -2.62. The standard InChI is InChI=1S/C34H46N4O10/c1-33(2,3)48-36-24-18-26(38-30(32(43)46-5)29(35-37-38)31(42)45-4)34(44)28-22(24)16-19(10-6-8-14-39)21(11-7-9-15-40)27(28)23-17-20(41)12-13-25(23)47-34/h12-13,16-17,19,21,26-28,39-41,44H,6-11,14-15,18H2,1-5H3. The van der Waals surface area contributed by atoms with Crippen molar-refractivity contribution >= 4 is 17.7 Å². The van der Waals surface area contributed by atoms with E-state index in [9.17, 15) is 30.0 Å². The summed E-state index contributed by atoms with van der Waals surface area (Å²) in [6.45, 7) is 5.68. The van der Waals surface area contributed by atoms with E-state index in [-0.39, 0.29) is 48.6 Å². The van der Waals surface area contributed by atoms with Crippen molar-refractivity contribution in [3.05, 3.63) is 46.8 Å². The molecule has 0 amide bonds. The van der Waals surface area contributed by atoms with Crippen LogP contribution in [0, 0.1) is 17.8 Å². The Balaban J connectivity index is 1.78. The van der Waals surface area contributed by atoms with Gasteiger partial charge in [-0.3, -0.25) is 0 Å². The molecule has 1 fully saturated rings. The van der Waals surface area contributed by atoms with Crippen LogP contribution in [0.4, 0.5) is 0 Å². The average Bonchev–Trinajstić information content (AvgIpc) is 3.49. The Hall–Kier alpha value is -4.01. The SMILES string of the molecule is COC(=O)c1nnn(C2CC(=NOC(C)(C)C)C3=CC(CCCCO)C(CCCCO)C4c5cc(O)ccc5OC2(O)C34)c1C(=O)OC. The van der Waals surface area contributed by atoms with E-state index in [0.717, 1.165) is 31.7 Å². The number of phenols is 1. The molecule has 1 aliphatic heterocycles. The second-order valence-corrected chi connectivity index (χ2v) is 13.6. The van der Waals surface area contributed by atoms with Crippen molar-refractivity contribution in [3.8, 4) is 11.5 Å². The van der Waals surface area contributed by atoms with Gasteiger partial charge in [0.25, 0.3) is 0 Å². The number of fused-ring (bicyclic) bond motifs is 2. The molecule has 0 saturated heterocycles. The number of esters is 2. The van der Waals surface area contributed by atoms with Crippen molar-refractivity contribution in [1.82, 2.24) is 15.0 Å². The van der Waals surface area contributed by atoms with E-state index in [1.165, 1.54) is 6.07 Å². The second-order valence-electron chi connectivity index (χ2n) is 13.6. The summed E-state index contributed by atoms with van der Waals surface area (Å²) in [6, 6.07) is 3.58. The summed E-state index contributed by atoms with van der Waals surface area (Å²) in [6.07, 6.45) is 6.23. The first-order valence-electron chi connectivity index (χ1n) is 16.4. The molecule has 1 aromatic heterocycles. The van der Waals surface area contributed by atoms with Crippen LogP contribution < -0.4 is 4.74 Å². The average molecular weight is 671 g/mol. The van der Waals surface area contributed by atoms with E-state index in [4.69, 9.17) is 19.0 Å². The predicted octanol–water partition coefficient (Wildman–Crippen LogP) is 3.65. The summed E-state index contributed by atoms with van der Waals surface area (Å²) < 4.78 is 17.6. The fourth-order valence-electron chi connectivity index (χ4n) is 7.43. The minimum atomic E-state index is -2.06. The minimum Gasteiger partial charge on any atom is -0.508 e. The largest absolute Gasteiger partial charge is 0.508 e. The molecule has 0 radical (unpaired) electrons. The highest BCUT2D eigenvalue weighted by Crippen LogP contribution is 2.62. The van der Waals surface area contributed by atoms with Gasteiger partial charge in [0, 0.05) is 31.1 Å². The van der Waals surface area contributed by atoms with E-state index in [2.05, 4.69) is 21.5 Å². The number of carbonyl (C=O) groups is 2. The third kappa shape index (κ3) is 6.65. The molecule has 1 saturated carbocycles. The van der Waals surface area contributed by atoms with Crippen LogP contribution in [0.5, 0.6) is 11.5 Å². The van der Waals surface area contributed by atoms with Crippen molar-refractivity contribution < 1.29 is 49.1 Å². The molecule has 14 nitrogen and oxygen atoms in total. The van der Waals surface area contributed by atoms with Crippen LogP contribution in [-0.4, -0.2) is 91.9 Å². The van der Waals surface area contributed by atoms with Gasteiger partial charge in [0.2, 0.25) is 11.5 Å². The fourth-order valence-corrected chi connectivity index (χ4v) is 7.43. The summed E-state index contributed by atoms with van der Waals surface area (Å²) in [7, 11) is 2.31. The first kappa shape index (κ1) is 35.3. The normalized spacial score (nSPS) is 27.0. The molecule has 2 aromatic rings. The number of aromatic nitrogens is 3. The molecule has 6 unspecified atom stereocenters. The zero-order valence-electron chi connectivity index (χ0n) is 28.1. The quantitative estimate of drug-likeness (QED) is 0.146. The number of allylic oxidation sites excluding steroid dienone is 1. The zero-order chi connectivity index (χ0) is 34.8. The Morgan fingerprint density at radius 2 is 1.75 bits per heavy atom. The molecule has 4 N–H and O–H groups in total. The number of hydrogen-bond acceptors (Lipinski definition) is 13. The summed E-state index contributed by atoms with van der Waals surface area (Å²) in [4.78, 5) is 31.9. The number of carbonyl (C=O) groups excluding carboxylic acids is 2. The third-order valence-corrected chi connectivity index (χ3v) is 9.44. The molecule has 5 rings (SSSR count). The molecule has 3 aliphatic rings. The highest BCUT2D eigenvalue weighted by molar-refractivity contribution is 6.03. The van der Waals surface area contributed by atoms with Gasteiger partial charge in [-0.1, -0.05) is 29.3 Å². The number of aromatic hydroxyl groups is 1. The van der Waals surface area contributed by atoms with Crippen molar-refractivity contribution in [2.45, 2.75) is 89.1 Å². The fraction of sp³-hybridized carbons (Fsp3) is 0.618. The second kappa shape index (κ2) is 14.2. The molecule has 0 spiro atoms. The summed E-state index contributed by atoms with van der Waals surface area (Å²) in [5.41, 5.74) is 0.537. The summed E-state index contributed by atoms with van der Waals surface area (Å²) in [5.74, 6) is -4.80. The molecular weight excluding hydrogens is 624 g/mol. The van der Waals surface area contributed by atoms with Gasteiger partial charge < -0.3 is 39.5 Å². The van der Waals surface area contributed by atoms with Crippen molar-refractivity contribution in [2.75, 3.05) is 27.4 Å². The molecule has 2 heterocycles. The maximum atomic E-state index is 13.2. The Bertz CT molecular complexity index is 1560. The first-order chi connectivity index (χ1) is 22.9.